The topological polar surface area (TPSA) is 71.3 Å². The molecule has 1 aromatic rings. The highest BCUT2D eigenvalue weighted by molar-refractivity contribution is 5.59. The van der Waals surface area contributed by atoms with Gasteiger partial charge in [0.1, 0.15) is 0 Å². The highest BCUT2D eigenvalue weighted by Crippen LogP contribution is 2.32. The molecule has 1 aromatic heterocycles. The second-order valence-electron chi connectivity index (χ2n) is 5.35. The lowest BCUT2D eigenvalue weighted by atomic mass is 9.99. The van der Waals surface area contributed by atoms with Gasteiger partial charge >= 0.3 is 5.69 Å². The van der Waals surface area contributed by atoms with E-state index >= 15 is 0 Å². The van der Waals surface area contributed by atoms with Crippen LogP contribution < -0.4 is 10.2 Å². The zero-order valence-corrected chi connectivity index (χ0v) is 12.1. The van der Waals surface area contributed by atoms with Crippen LogP contribution in [0.3, 0.4) is 0 Å². The molecule has 0 aliphatic carbocycles. The Morgan fingerprint density at radius 3 is 3.05 bits per heavy atom. The van der Waals surface area contributed by atoms with E-state index in [0.717, 1.165) is 37.9 Å². The summed E-state index contributed by atoms with van der Waals surface area (Å²) in [5.74, 6) is 0.529. The number of hydrogen-bond donors (Lipinski definition) is 1. The molecule has 0 radical (unpaired) electrons. The Hall–Kier alpha value is -1.69. The molecule has 0 amide bonds. The summed E-state index contributed by atoms with van der Waals surface area (Å²) in [6.07, 6.45) is 6.04. The molecule has 1 unspecified atom stereocenters. The maximum atomic E-state index is 11.3. The van der Waals surface area contributed by atoms with Crippen molar-refractivity contribution in [2.75, 3.05) is 25.0 Å². The Kier molecular flexibility index (Phi) is 4.89. The third-order valence-corrected chi connectivity index (χ3v) is 3.81. The van der Waals surface area contributed by atoms with E-state index in [9.17, 15) is 10.1 Å². The maximum absolute atomic E-state index is 11.3. The number of nitro groups is 1. The molecule has 0 bridgehead atoms. The van der Waals surface area contributed by atoms with Gasteiger partial charge in [-0.15, -0.1) is 0 Å². The van der Waals surface area contributed by atoms with Crippen molar-refractivity contribution in [3.05, 3.63) is 27.9 Å². The molecule has 0 saturated carbocycles. The van der Waals surface area contributed by atoms with Crippen LogP contribution >= 0.6 is 0 Å². The first kappa shape index (κ1) is 14.7. The molecule has 110 valence electrons. The minimum atomic E-state index is -0.320. The number of pyridine rings is 1. The second-order valence-corrected chi connectivity index (χ2v) is 5.35. The summed E-state index contributed by atoms with van der Waals surface area (Å²) >= 11 is 0. The Labute approximate surface area is 119 Å². The van der Waals surface area contributed by atoms with Crippen LogP contribution in [0.4, 0.5) is 11.5 Å². The second kappa shape index (κ2) is 6.65. The van der Waals surface area contributed by atoms with E-state index in [1.165, 1.54) is 6.42 Å². The average Bonchev–Trinajstić information content (AvgIpc) is 2.45. The SMILES string of the molecule is CNCCC1CCCCN1c1ncc(C)cc1[N+](=O)[O-]. The fraction of sp³-hybridized carbons (Fsp3) is 0.643. The summed E-state index contributed by atoms with van der Waals surface area (Å²) in [5, 5.41) is 14.4. The van der Waals surface area contributed by atoms with Gasteiger partial charge in [0.25, 0.3) is 0 Å². The lowest BCUT2D eigenvalue weighted by Gasteiger charge is -2.36. The van der Waals surface area contributed by atoms with Crippen molar-refractivity contribution in [3.63, 3.8) is 0 Å². The molecule has 2 heterocycles. The largest absolute Gasteiger partial charge is 0.348 e. The van der Waals surface area contributed by atoms with E-state index in [1.807, 2.05) is 14.0 Å². The number of anilines is 1. The zero-order chi connectivity index (χ0) is 14.5. The Balaban J connectivity index is 2.29. The molecule has 1 aliphatic rings. The number of piperidine rings is 1. The maximum Gasteiger partial charge on any atom is 0.311 e. The summed E-state index contributed by atoms with van der Waals surface area (Å²) in [6.45, 7) is 3.60. The van der Waals surface area contributed by atoms with Gasteiger partial charge < -0.3 is 10.2 Å². The standard InChI is InChI=1S/C14H22N4O2/c1-11-9-13(18(19)20)14(16-10-11)17-8-4-3-5-12(17)6-7-15-2/h9-10,12,15H,3-8H2,1-2H3. The van der Waals surface area contributed by atoms with Crippen molar-refractivity contribution in [2.45, 2.75) is 38.6 Å². The number of aromatic nitrogens is 1. The van der Waals surface area contributed by atoms with Crippen molar-refractivity contribution in [3.8, 4) is 0 Å². The molecular formula is C14H22N4O2. The van der Waals surface area contributed by atoms with Gasteiger partial charge in [-0.2, -0.15) is 0 Å². The summed E-state index contributed by atoms with van der Waals surface area (Å²) in [6, 6.07) is 1.96. The summed E-state index contributed by atoms with van der Waals surface area (Å²) < 4.78 is 0. The normalized spacial score (nSPS) is 19.1. The number of nitrogens with one attached hydrogen (secondary N) is 1. The van der Waals surface area contributed by atoms with Crippen molar-refractivity contribution < 1.29 is 4.92 Å². The first-order valence-corrected chi connectivity index (χ1v) is 7.15. The molecule has 1 N–H and O–H groups in total. The minimum absolute atomic E-state index is 0.126. The molecule has 0 aromatic carbocycles. The van der Waals surface area contributed by atoms with Crippen molar-refractivity contribution in [1.82, 2.24) is 10.3 Å². The molecule has 2 rings (SSSR count). The van der Waals surface area contributed by atoms with Gasteiger partial charge in [0.15, 0.2) is 0 Å². The quantitative estimate of drug-likeness (QED) is 0.661. The van der Waals surface area contributed by atoms with Crippen LogP contribution in [0.2, 0.25) is 0 Å². The summed E-state index contributed by atoms with van der Waals surface area (Å²) in [5.41, 5.74) is 0.950. The van der Waals surface area contributed by atoms with E-state index < -0.39 is 0 Å². The van der Waals surface area contributed by atoms with Gasteiger partial charge in [0.05, 0.1) is 4.92 Å². The van der Waals surface area contributed by atoms with Crippen LogP contribution in [0.1, 0.15) is 31.2 Å². The first-order chi connectivity index (χ1) is 9.63. The number of aryl methyl sites for hydroxylation is 1. The monoisotopic (exact) mass is 278 g/mol. The van der Waals surface area contributed by atoms with Crippen molar-refractivity contribution >= 4 is 11.5 Å². The predicted molar refractivity (Wildman–Crippen MR) is 79.2 cm³/mol. The Morgan fingerprint density at radius 1 is 1.55 bits per heavy atom. The number of nitrogens with zero attached hydrogens (tertiary/aromatic N) is 3. The van der Waals surface area contributed by atoms with E-state index in [4.69, 9.17) is 0 Å². The minimum Gasteiger partial charge on any atom is -0.348 e. The van der Waals surface area contributed by atoms with Gasteiger partial charge in [-0.05, 0) is 51.8 Å². The Morgan fingerprint density at radius 2 is 2.35 bits per heavy atom. The van der Waals surface area contributed by atoms with Crippen molar-refractivity contribution in [2.24, 2.45) is 0 Å². The molecule has 1 fully saturated rings. The molecule has 0 spiro atoms. The molecule has 6 heteroatoms. The lowest BCUT2D eigenvalue weighted by Crippen LogP contribution is -2.41. The van der Waals surface area contributed by atoms with E-state index in [1.54, 1.807) is 12.3 Å². The zero-order valence-electron chi connectivity index (χ0n) is 12.1. The van der Waals surface area contributed by atoms with Crippen LogP contribution in [0, 0.1) is 17.0 Å². The first-order valence-electron chi connectivity index (χ1n) is 7.15. The third kappa shape index (κ3) is 3.25. The van der Waals surface area contributed by atoms with Gasteiger partial charge in [-0.3, -0.25) is 10.1 Å². The highest BCUT2D eigenvalue weighted by atomic mass is 16.6. The van der Waals surface area contributed by atoms with Crippen LogP contribution in [0.25, 0.3) is 0 Å². The molecule has 1 saturated heterocycles. The predicted octanol–water partition coefficient (Wildman–Crippen LogP) is 2.27. The molecular weight excluding hydrogens is 256 g/mol. The summed E-state index contributed by atoms with van der Waals surface area (Å²) in [4.78, 5) is 17.4. The number of hydrogen-bond acceptors (Lipinski definition) is 5. The highest BCUT2D eigenvalue weighted by Gasteiger charge is 2.29. The van der Waals surface area contributed by atoms with Gasteiger partial charge in [0.2, 0.25) is 5.82 Å². The van der Waals surface area contributed by atoms with E-state index in [0.29, 0.717) is 11.9 Å². The summed E-state index contributed by atoms with van der Waals surface area (Å²) in [7, 11) is 1.93. The molecule has 1 aliphatic heterocycles. The van der Waals surface area contributed by atoms with Crippen LogP contribution in [0.15, 0.2) is 12.3 Å². The van der Waals surface area contributed by atoms with E-state index in [2.05, 4.69) is 15.2 Å². The Bertz CT molecular complexity index is 478. The smallest absolute Gasteiger partial charge is 0.311 e. The molecule has 1 atom stereocenters. The van der Waals surface area contributed by atoms with Crippen LogP contribution in [-0.2, 0) is 0 Å². The molecule has 20 heavy (non-hydrogen) atoms. The molecule has 6 nitrogen and oxygen atoms in total. The van der Waals surface area contributed by atoms with Gasteiger partial charge in [-0.1, -0.05) is 0 Å². The van der Waals surface area contributed by atoms with E-state index in [-0.39, 0.29) is 10.6 Å². The number of rotatable bonds is 5. The average molecular weight is 278 g/mol. The fourth-order valence-corrected chi connectivity index (χ4v) is 2.79. The third-order valence-electron chi connectivity index (χ3n) is 3.81. The van der Waals surface area contributed by atoms with Crippen LogP contribution in [0.5, 0.6) is 0 Å². The van der Waals surface area contributed by atoms with Crippen molar-refractivity contribution in [1.29, 1.82) is 0 Å². The van der Waals surface area contributed by atoms with Gasteiger partial charge in [-0.25, -0.2) is 4.98 Å². The lowest BCUT2D eigenvalue weighted by molar-refractivity contribution is -0.384. The van der Waals surface area contributed by atoms with Crippen LogP contribution in [-0.4, -0.2) is 36.1 Å². The fourth-order valence-electron chi connectivity index (χ4n) is 2.79. The van der Waals surface area contributed by atoms with Gasteiger partial charge in [0, 0.05) is 24.8 Å².